The zero-order valence-electron chi connectivity index (χ0n) is 8.01. The summed E-state index contributed by atoms with van der Waals surface area (Å²) in [5.41, 5.74) is 4.27. The monoisotopic (exact) mass is 211 g/mol. The Kier molecular flexibility index (Phi) is 2.07. The van der Waals surface area contributed by atoms with E-state index in [9.17, 15) is 0 Å². The van der Waals surface area contributed by atoms with Crippen molar-refractivity contribution in [3.63, 3.8) is 0 Å². The van der Waals surface area contributed by atoms with Crippen LogP contribution in [-0.4, -0.2) is 5.55 Å². The largest absolute Gasteiger partial charge is 0.239 e. The standard InChI is InChI=1S/C13H9NS/c1-2-6-11(7-3-1)15-10-14-12-8-4-5-9-13(12)15/h1-2,4-9,15H. The van der Waals surface area contributed by atoms with Crippen molar-refractivity contribution >= 4 is 22.1 Å². The summed E-state index contributed by atoms with van der Waals surface area (Å²) in [6, 6.07) is 19.4. The Morgan fingerprint density at radius 2 is 2.00 bits per heavy atom. The second-order valence-corrected chi connectivity index (χ2v) is 5.17. The van der Waals surface area contributed by atoms with Crippen LogP contribution in [0, 0.1) is 6.07 Å². The maximum absolute atomic E-state index is 4.32. The number of nitrogens with zero attached hydrogens (tertiary/aromatic N) is 1. The lowest BCUT2D eigenvalue weighted by Crippen LogP contribution is -1.81. The highest BCUT2D eigenvalue weighted by Gasteiger charge is 2.16. The van der Waals surface area contributed by atoms with Crippen molar-refractivity contribution in [1.82, 2.24) is 0 Å². The molecule has 0 aromatic heterocycles. The summed E-state index contributed by atoms with van der Waals surface area (Å²) in [6.07, 6.45) is 0. The smallest absolute Gasteiger partial charge is 0.116 e. The first-order valence-electron chi connectivity index (χ1n) is 4.77. The molecule has 2 aromatic carbocycles. The van der Waals surface area contributed by atoms with Crippen LogP contribution >= 0.6 is 10.9 Å². The predicted molar refractivity (Wildman–Crippen MR) is 64.3 cm³/mol. The van der Waals surface area contributed by atoms with Crippen LogP contribution in [0.15, 0.2) is 63.3 Å². The number of hydrogen-bond donors (Lipinski definition) is 1. The zero-order valence-corrected chi connectivity index (χ0v) is 8.91. The number of para-hydroxylation sites is 1. The van der Waals surface area contributed by atoms with E-state index in [4.69, 9.17) is 0 Å². The van der Waals surface area contributed by atoms with Gasteiger partial charge in [-0.25, -0.2) is 4.99 Å². The number of aliphatic imine (C=N–C) groups is 1. The van der Waals surface area contributed by atoms with Gasteiger partial charge in [0, 0.05) is 4.90 Å². The van der Waals surface area contributed by atoms with Crippen LogP contribution in [0.4, 0.5) is 5.69 Å². The Labute approximate surface area is 91.8 Å². The highest BCUT2D eigenvalue weighted by atomic mass is 32.2. The molecule has 0 N–H and O–H groups in total. The quantitative estimate of drug-likeness (QED) is 0.694. The second-order valence-electron chi connectivity index (χ2n) is 3.30. The fourth-order valence-corrected chi connectivity index (χ4v) is 3.36. The fourth-order valence-electron chi connectivity index (χ4n) is 1.63. The molecule has 0 bridgehead atoms. The normalized spacial score (nSPS) is 20.1. The Hall–Kier alpha value is -1.54. The molecule has 72 valence electrons. The van der Waals surface area contributed by atoms with Crippen molar-refractivity contribution in [2.24, 2.45) is 4.99 Å². The SMILES string of the molecule is [C]1=Nc2ccccc2[SH]1c1c[c]ccc1. The van der Waals surface area contributed by atoms with Crippen molar-refractivity contribution in [2.45, 2.75) is 9.79 Å². The van der Waals surface area contributed by atoms with E-state index in [1.165, 1.54) is 9.79 Å². The highest BCUT2D eigenvalue weighted by molar-refractivity contribution is 8.28. The topological polar surface area (TPSA) is 12.4 Å². The third kappa shape index (κ3) is 1.47. The average molecular weight is 211 g/mol. The van der Waals surface area contributed by atoms with Gasteiger partial charge in [0.05, 0.1) is 5.69 Å². The lowest BCUT2D eigenvalue weighted by atomic mass is 10.3. The van der Waals surface area contributed by atoms with Gasteiger partial charge in [0.2, 0.25) is 0 Å². The Bertz CT molecular complexity index is 505. The van der Waals surface area contributed by atoms with E-state index in [0.717, 1.165) is 5.69 Å². The summed E-state index contributed by atoms with van der Waals surface area (Å²) in [6.45, 7) is 0. The van der Waals surface area contributed by atoms with Gasteiger partial charge in [-0.3, -0.25) is 0 Å². The zero-order chi connectivity index (χ0) is 10.1. The third-order valence-corrected chi connectivity index (χ3v) is 4.30. The molecule has 2 radical (unpaired) electrons. The number of rotatable bonds is 1. The molecule has 1 unspecified atom stereocenters. The minimum absolute atomic E-state index is 0.504. The first-order chi connectivity index (χ1) is 7.45. The maximum Gasteiger partial charge on any atom is 0.116 e. The first kappa shape index (κ1) is 8.74. The van der Waals surface area contributed by atoms with Gasteiger partial charge in [-0.15, -0.1) is 0 Å². The van der Waals surface area contributed by atoms with E-state index in [1.807, 2.05) is 30.3 Å². The Balaban J connectivity index is 2.09. The van der Waals surface area contributed by atoms with Gasteiger partial charge in [0.25, 0.3) is 0 Å². The molecule has 1 heterocycles. The Morgan fingerprint density at radius 3 is 2.87 bits per heavy atom. The maximum atomic E-state index is 4.32. The van der Waals surface area contributed by atoms with Gasteiger partial charge in [-0.1, -0.05) is 24.3 Å². The fraction of sp³-hybridized carbons (Fsp3) is 0. The van der Waals surface area contributed by atoms with E-state index in [1.54, 1.807) is 0 Å². The van der Waals surface area contributed by atoms with Crippen LogP contribution in [0.25, 0.3) is 0 Å². The number of thiol groups is 1. The predicted octanol–water partition coefficient (Wildman–Crippen LogP) is 3.46. The first-order valence-corrected chi connectivity index (χ1v) is 6.11. The summed E-state index contributed by atoms with van der Waals surface area (Å²) in [5.74, 6) is 0. The number of benzene rings is 2. The summed E-state index contributed by atoms with van der Waals surface area (Å²) in [5, 5.41) is 0. The number of fused-ring (bicyclic) bond motifs is 1. The van der Waals surface area contributed by atoms with E-state index in [-0.39, 0.29) is 0 Å². The molecule has 15 heavy (non-hydrogen) atoms. The van der Waals surface area contributed by atoms with Crippen molar-refractivity contribution in [1.29, 1.82) is 0 Å². The van der Waals surface area contributed by atoms with Crippen LogP contribution in [0.2, 0.25) is 0 Å². The molecule has 1 nitrogen and oxygen atoms in total. The van der Waals surface area contributed by atoms with Crippen molar-refractivity contribution < 1.29 is 0 Å². The molecular weight excluding hydrogens is 202 g/mol. The molecule has 2 aromatic rings. The highest BCUT2D eigenvalue weighted by Crippen LogP contribution is 2.50. The Morgan fingerprint density at radius 1 is 1.07 bits per heavy atom. The summed E-state index contributed by atoms with van der Waals surface area (Å²) in [7, 11) is -0.504. The van der Waals surface area contributed by atoms with E-state index >= 15 is 0 Å². The molecule has 1 atom stereocenters. The van der Waals surface area contributed by atoms with Gasteiger partial charge in [-0.05, 0) is 35.2 Å². The van der Waals surface area contributed by atoms with Crippen LogP contribution < -0.4 is 0 Å². The molecule has 2 heteroatoms. The second kappa shape index (κ2) is 3.55. The molecule has 0 fully saturated rings. The van der Waals surface area contributed by atoms with Crippen LogP contribution in [-0.2, 0) is 0 Å². The van der Waals surface area contributed by atoms with Gasteiger partial charge < -0.3 is 0 Å². The van der Waals surface area contributed by atoms with Gasteiger partial charge in [0.15, 0.2) is 0 Å². The minimum Gasteiger partial charge on any atom is -0.239 e. The van der Waals surface area contributed by atoms with Gasteiger partial charge in [0.1, 0.15) is 5.55 Å². The number of hydrogen-bond acceptors (Lipinski definition) is 1. The van der Waals surface area contributed by atoms with Gasteiger partial charge in [-0.2, -0.15) is 10.9 Å². The minimum atomic E-state index is -0.504. The molecule has 0 amide bonds. The third-order valence-electron chi connectivity index (χ3n) is 2.34. The van der Waals surface area contributed by atoms with Gasteiger partial charge >= 0.3 is 0 Å². The van der Waals surface area contributed by atoms with Crippen LogP contribution in [0.1, 0.15) is 0 Å². The van der Waals surface area contributed by atoms with E-state index in [0.29, 0.717) is 0 Å². The van der Waals surface area contributed by atoms with Crippen molar-refractivity contribution in [3.8, 4) is 0 Å². The molecule has 1 aliphatic rings. The summed E-state index contributed by atoms with van der Waals surface area (Å²) >= 11 is 0. The summed E-state index contributed by atoms with van der Waals surface area (Å²) < 4.78 is 0. The molecule has 1 aliphatic heterocycles. The van der Waals surface area contributed by atoms with Crippen LogP contribution in [0.5, 0.6) is 0 Å². The van der Waals surface area contributed by atoms with E-state index in [2.05, 4.69) is 34.8 Å². The molecule has 0 spiro atoms. The van der Waals surface area contributed by atoms with Crippen molar-refractivity contribution in [3.05, 3.63) is 54.6 Å². The molecule has 3 rings (SSSR count). The summed E-state index contributed by atoms with van der Waals surface area (Å²) in [4.78, 5) is 6.89. The molecule has 0 saturated heterocycles. The lowest BCUT2D eigenvalue weighted by Gasteiger charge is -2.12. The molecule has 0 aliphatic carbocycles. The van der Waals surface area contributed by atoms with Crippen LogP contribution in [0.3, 0.4) is 0 Å². The van der Waals surface area contributed by atoms with E-state index < -0.39 is 10.9 Å². The lowest BCUT2D eigenvalue weighted by molar-refractivity contribution is 1.38. The van der Waals surface area contributed by atoms with Crippen molar-refractivity contribution in [2.75, 3.05) is 0 Å². The molecule has 0 saturated carbocycles. The molecular formula is C13H9NS. The average Bonchev–Trinajstić information content (AvgIpc) is 2.74.